The predicted octanol–water partition coefficient (Wildman–Crippen LogP) is 3.17. The third-order valence-corrected chi connectivity index (χ3v) is 4.89. The Kier molecular flexibility index (Phi) is 6.58. The lowest BCUT2D eigenvalue weighted by Gasteiger charge is -2.26. The number of hydrogen-bond acceptors (Lipinski definition) is 6. The number of rotatable bonds is 8. The van der Waals surface area contributed by atoms with Crippen LogP contribution in [-0.4, -0.2) is 29.1 Å². The molecule has 1 heterocycles. The maximum atomic E-state index is 13.2. The van der Waals surface area contributed by atoms with Crippen molar-refractivity contribution < 1.29 is 28.0 Å². The molecule has 0 aliphatic carbocycles. The Labute approximate surface area is 152 Å². The molecule has 1 aromatic carbocycles. The van der Waals surface area contributed by atoms with Crippen molar-refractivity contribution in [2.75, 3.05) is 0 Å². The van der Waals surface area contributed by atoms with E-state index in [1.165, 1.54) is 6.92 Å². The molecular formula is C17H23N2O6P. The summed E-state index contributed by atoms with van der Waals surface area (Å²) in [6, 6.07) is 7.32. The summed E-state index contributed by atoms with van der Waals surface area (Å²) in [6.07, 6.45) is 0.270. The molecular weight excluding hydrogens is 359 g/mol. The summed E-state index contributed by atoms with van der Waals surface area (Å²) in [5.41, 5.74) is 0.367. The molecule has 1 fully saturated rings. The molecule has 0 saturated carbocycles. The molecule has 2 rings (SSSR count). The van der Waals surface area contributed by atoms with Crippen molar-refractivity contribution in [2.24, 2.45) is 0 Å². The highest BCUT2D eigenvalue weighted by atomic mass is 31.2. The first-order valence-corrected chi connectivity index (χ1v) is 9.78. The van der Waals surface area contributed by atoms with Crippen LogP contribution in [0.15, 0.2) is 42.6 Å². The Hall–Kier alpha value is -2.15. The molecule has 1 saturated heterocycles. The van der Waals surface area contributed by atoms with Crippen molar-refractivity contribution in [1.29, 1.82) is 0 Å². The van der Waals surface area contributed by atoms with Gasteiger partial charge in [-0.05, 0) is 39.3 Å². The van der Waals surface area contributed by atoms with Crippen LogP contribution in [0, 0.1) is 0 Å². The van der Waals surface area contributed by atoms with E-state index in [0.29, 0.717) is 12.1 Å². The van der Waals surface area contributed by atoms with Crippen LogP contribution < -0.4 is 9.61 Å². The van der Waals surface area contributed by atoms with Gasteiger partial charge in [0.05, 0.1) is 6.10 Å². The minimum Gasteiger partial charge on any atom is -0.462 e. The van der Waals surface area contributed by atoms with Gasteiger partial charge >= 0.3 is 13.7 Å². The second-order valence-electron chi connectivity index (χ2n) is 6.07. The average Bonchev–Trinajstić information content (AvgIpc) is 2.86. The monoisotopic (exact) mass is 382 g/mol. The van der Waals surface area contributed by atoms with Gasteiger partial charge in [0.25, 0.3) is 5.91 Å². The number of amides is 1. The normalized spacial score (nSPS) is 17.9. The molecule has 1 N–H and O–H groups in total. The van der Waals surface area contributed by atoms with Gasteiger partial charge in [-0.2, -0.15) is 14.8 Å². The van der Waals surface area contributed by atoms with E-state index in [9.17, 15) is 14.2 Å². The van der Waals surface area contributed by atoms with Crippen LogP contribution in [0.1, 0.15) is 33.6 Å². The summed E-state index contributed by atoms with van der Waals surface area (Å²) in [6.45, 7) is 8.59. The van der Waals surface area contributed by atoms with E-state index >= 15 is 0 Å². The first-order valence-electron chi connectivity index (χ1n) is 8.23. The van der Waals surface area contributed by atoms with E-state index in [4.69, 9.17) is 13.9 Å². The van der Waals surface area contributed by atoms with Gasteiger partial charge in [0.1, 0.15) is 11.8 Å². The maximum Gasteiger partial charge on any atom is 0.481 e. The summed E-state index contributed by atoms with van der Waals surface area (Å²) in [7, 11) is -4.13. The summed E-state index contributed by atoms with van der Waals surface area (Å²) < 4.78 is 29.1. The van der Waals surface area contributed by atoms with E-state index < -0.39 is 19.8 Å². The van der Waals surface area contributed by atoms with Gasteiger partial charge in [0, 0.05) is 12.1 Å². The third kappa shape index (κ3) is 5.42. The lowest BCUT2D eigenvalue weighted by atomic mass is 10.3. The molecule has 1 amide bonds. The second kappa shape index (κ2) is 8.49. The molecule has 0 bridgehead atoms. The van der Waals surface area contributed by atoms with Crippen LogP contribution in [0.2, 0.25) is 0 Å². The smallest absolute Gasteiger partial charge is 0.462 e. The third-order valence-electron chi connectivity index (χ3n) is 3.36. The topological polar surface area (TPSA) is 94.2 Å². The Morgan fingerprint density at radius 3 is 2.42 bits per heavy atom. The van der Waals surface area contributed by atoms with E-state index in [-0.39, 0.29) is 24.2 Å². The Morgan fingerprint density at radius 1 is 1.23 bits per heavy atom. The molecule has 142 valence electrons. The zero-order valence-electron chi connectivity index (χ0n) is 15.0. The lowest BCUT2D eigenvalue weighted by molar-refractivity contribution is -0.149. The maximum absolute atomic E-state index is 13.2. The number of esters is 1. The van der Waals surface area contributed by atoms with Crippen LogP contribution in [0.4, 0.5) is 0 Å². The van der Waals surface area contributed by atoms with Gasteiger partial charge < -0.3 is 9.26 Å². The highest BCUT2D eigenvalue weighted by Crippen LogP contribution is 2.47. The van der Waals surface area contributed by atoms with Crippen molar-refractivity contribution in [3.63, 3.8) is 0 Å². The molecule has 1 aromatic rings. The fourth-order valence-corrected chi connectivity index (χ4v) is 3.69. The molecule has 1 aliphatic rings. The number of nitrogens with zero attached hydrogens (tertiary/aromatic N) is 1. The minimum atomic E-state index is -4.13. The van der Waals surface area contributed by atoms with Crippen LogP contribution in [0.5, 0.6) is 5.75 Å². The van der Waals surface area contributed by atoms with Crippen molar-refractivity contribution in [3.05, 3.63) is 42.6 Å². The average molecular weight is 382 g/mol. The van der Waals surface area contributed by atoms with Crippen molar-refractivity contribution in [1.82, 2.24) is 10.2 Å². The fraction of sp³-hybridized carbons (Fsp3) is 0.412. The number of benzene rings is 1. The first kappa shape index (κ1) is 20.2. The summed E-state index contributed by atoms with van der Waals surface area (Å²) in [4.78, 5) is 24.0. The summed E-state index contributed by atoms with van der Waals surface area (Å²) in [5, 5.41) is 3.37. The number of carbonyl (C=O) groups is 2. The number of ether oxygens (including phenoxy) is 1. The van der Waals surface area contributed by atoms with Crippen LogP contribution in [0.3, 0.4) is 0 Å². The van der Waals surface area contributed by atoms with E-state index in [0.717, 1.165) is 5.06 Å². The largest absolute Gasteiger partial charge is 0.481 e. The zero-order valence-corrected chi connectivity index (χ0v) is 15.9. The van der Waals surface area contributed by atoms with E-state index in [2.05, 4.69) is 11.7 Å². The van der Waals surface area contributed by atoms with Crippen molar-refractivity contribution in [2.45, 2.75) is 45.8 Å². The van der Waals surface area contributed by atoms with E-state index in [1.807, 2.05) is 0 Å². The molecule has 0 radical (unpaired) electrons. The predicted molar refractivity (Wildman–Crippen MR) is 94.8 cm³/mol. The molecule has 8 nitrogen and oxygen atoms in total. The number of carbonyl (C=O) groups excluding carboxylic acids is 2. The first-order chi connectivity index (χ1) is 12.2. The van der Waals surface area contributed by atoms with Crippen molar-refractivity contribution in [3.8, 4) is 5.75 Å². The molecule has 0 aromatic heterocycles. The minimum absolute atomic E-state index is 0.203. The molecule has 26 heavy (non-hydrogen) atoms. The van der Waals surface area contributed by atoms with E-state index in [1.54, 1.807) is 44.2 Å². The molecule has 0 unspecified atom stereocenters. The Bertz CT molecular complexity index is 705. The van der Waals surface area contributed by atoms with Gasteiger partial charge in [0.2, 0.25) is 0 Å². The highest BCUT2D eigenvalue weighted by Gasteiger charge is 2.39. The molecule has 2 atom stereocenters. The van der Waals surface area contributed by atoms with Gasteiger partial charge in [0.15, 0.2) is 0 Å². The fourth-order valence-electron chi connectivity index (χ4n) is 2.15. The van der Waals surface area contributed by atoms with Crippen LogP contribution >= 0.6 is 7.75 Å². The standard InChI is InChI=1S/C17H23N2O6P/c1-12(2)23-17(21)14(4)18-26(22,24-15-8-6-5-7-9-15)25-19-13(3)10-11-16(19)20/h5-9,12,14H,3,10-11H2,1-2,4H3,(H,18,22)/t14-,26+/m0/s1. The summed E-state index contributed by atoms with van der Waals surface area (Å²) >= 11 is 0. The lowest BCUT2D eigenvalue weighted by Crippen LogP contribution is -2.38. The van der Waals surface area contributed by atoms with Crippen LogP contribution in [-0.2, 0) is 23.5 Å². The van der Waals surface area contributed by atoms with Gasteiger partial charge in [-0.25, -0.2) is 4.57 Å². The molecule has 0 spiro atoms. The zero-order chi connectivity index (χ0) is 19.3. The Morgan fingerprint density at radius 2 is 1.88 bits per heavy atom. The summed E-state index contributed by atoms with van der Waals surface area (Å²) in [5.74, 6) is -0.747. The quantitative estimate of drug-likeness (QED) is 0.545. The number of nitrogens with one attached hydrogen (secondary N) is 1. The Balaban J connectivity index is 2.20. The number of hydroxylamine groups is 2. The van der Waals surface area contributed by atoms with Crippen molar-refractivity contribution >= 4 is 19.6 Å². The SMILES string of the molecule is C=C1CCC(=O)N1O[P@@](=O)(N[C@@H](C)C(=O)OC(C)C)Oc1ccccc1. The van der Waals surface area contributed by atoms with Gasteiger partial charge in [-0.1, -0.05) is 24.8 Å². The highest BCUT2D eigenvalue weighted by molar-refractivity contribution is 7.52. The van der Waals surface area contributed by atoms with Gasteiger partial charge in [-0.3, -0.25) is 9.59 Å². The number of para-hydroxylation sites is 1. The van der Waals surface area contributed by atoms with Crippen LogP contribution in [0.25, 0.3) is 0 Å². The molecule has 9 heteroatoms. The number of allylic oxidation sites excluding steroid dienone is 1. The number of hydrogen-bond donors (Lipinski definition) is 1. The molecule has 1 aliphatic heterocycles. The van der Waals surface area contributed by atoms with Gasteiger partial charge in [-0.15, -0.1) is 0 Å². The second-order valence-corrected chi connectivity index (χ2v) is 7.67.